The van der Waals surface area contributed by atoms with Crippen molar-refractivity contribution in [2.75, 3.05) is 13.6 Å². The lowest BCUT2D eigenvalue weighted by atomic mass is 10.1. The zero-order chi connectivity index (χ0) is 11.2. The number of aromatic amines is 1. The van der Waals surface area contributed by atoms with Crippen molar-refractivity contribution in [2.45, 2.75) is 0 Å². The first-order chi connectivity index (χ1) is 7.90. The maximum atomic E-state index is 3.93. The summed E-state index contributed by atoms with van der Waals surface area (Å²) in [6.07, 6.45) is 5.97. The van der Waals surface area contributed by atoms with Crippen molar-refractivity contribution in [2.24, 2.45) is 0 Å². The molecule has 2 aromatic rings. The summed E-state index contributed by atoms with van der Waals surface area (Å²) in [7, 11) is 1.94. The van der Waals surface area contributed by atoms with Gasteiger partial charge in [-0.25, -0.2) is 0 Å². The highest BCUT2D eigenvalue weighted by molar-refractivity contribution is 5.61. The molecular weight excluding hydrogens is 198 g/mol. The Morgan fingerprint density at radius 3 is 2.69 bits per heavy atom. The summed E-state index contributed by atoms with van der Waals surface area (Å²) < 4.78 is 0. The molecule has 0 atom stereocenters. The molecule has 3 heteroatoms. The number of hydrogen-bond donors (Lipinski definition) is 2. The van der Waals surface area contributed by atoms with E-state index < -0.39 is 0 Å². The summed E-state index contributed by atoms with van der Waals surface area (Å²) in [4.78, 5) is 0. The lowest BCUT2D eigenvalue weighted by Crippen LogP contribution is -2.03. The fraction of sp³-hybridized carbons (Fsp3) is 0.154. The second kappa shape index (κ2) is 5.28. The number of aromatic nitrogens is 2. The zero-order valence-electron chi connectivity index (χ0n) is 9.27. The molecule has 0 unspecified atom stereocenters. The molecule has 82 valence electrons. The van der Waals surface area contributed by atoms with E-state index in [1.54, 1.807) is 6.20 Å². The molecule has 16 heavy (non-hydrogen) atoms. The van der Waals surface area contributed by atoms with Crippen molar-refractivity contribution in [3.63, 3.8) is 0 Å². The van der Waals surface area contributed by atoms with E-state index in [2.05, 4.69) is 51.9 Å². The number of benzene rings is 1. The van der Waals surface area contributed by atoms with E-state index in [0.717, 1.165) is 17.8 Å². The Morgan fingerprint density at radius 2 is 2.06 bits per heavy atom. The molecule has 0 aliphatic carbocycles. The predicted molar refractivity (Wildman–Crippen MR) is 67.0 cm³/mol. The summed E-state index contributed by atoms with van der Waals surface area (Å²) in [6, 6.07) is 10.3. The van der Waals surface area contributed by atoms with Gasteiger partial charge in [-0.2, -0.15) is 5.10 Å². The second-order valence-electron chi connectivity index (χ2n) is 3.55. The third-order valence-electron chi connectivity index (χ3n) is 2.35. The summed E-state index contributed by atoms with van der Waals surface area (Å²) in [5, 5.41) is 9.95. The molecule has 3 nitrogen and oxygen atoms in total. The first kappa shape index (κ1) is 10.6. The van der Waals surface area contributed by atoms with Crippen molar-refractivity contribution < 1.29 is 0 Å². The Bertz CT molecular complexity index is 441. The molecule has 1 heterocycles. The van der Waals surface area contributed by atoms with Crippen molar-refractivity contribution >= 4 is 6.08 Å². The Hall–Kier alpha value is -1.87. The van der Waals surface area contributed by atoms with E-state index in [4.69, 9.17) is 0 Å². The van der Waals surface area contributed by atoms with Gasteiger partial charge in [-0.05, 0) is 24.2 Å². The fourth-order valence-electron chi connectivity index (χ4n) is 1.50. The summed E-state index contributed by atoms with van der Waals surface area (Å²) in [6.45, 7) is 0.891. The highest BCUT2D eigenvalue weighted by Gasteiger charge is 1.96. The van der Waals surface area contributed by atoms with Crippen molar-refractivity contribution in [3.05, 3.63) is 48.2 Å². The van der Waals surface area contributed by atoms with Crippen LogP contribution in [0, 0.1) is 0 Å². The Labute approximate surface area is 95.2 Å². The van der Waals surface area contributed by atoms with Crippen LogP contribution in [0.2, 0.25) is 0 Å². The van der Waals surface area contributed by atoms with Gasteiger partial charge in [-0.3, -0.25) is 5.10 Å². The number of rotatable bonds is 4. The van der Waals surface area contributed by atoms with Gasteiger partial charge in [-0.15, -0.1) is 0 Å². The third kappa shape index (κ3) is 2.58. The van der Waals surface area contributed by atoms with Gasteiger partial charge in [0.1, 0.15) is 0 Å². The molecule has 1 aromatic heterocycles. The highest BCUT2D eigenvalue weighted by Crippen LogP contribution is 2.16. The molecule has 2 N–H and O–H groups in total. The van der Waals surface area contributed by atoms with Gasteiger partial charge in [-0.1, -0.05) is 36.4 Å². The average Bonchev–Trinajstić information content (AvgIpc) is 2.84. The SMILES string of the molecule is CNCC=Cc1ccc(-c2ccn[nH]2)cc1. The van der Waals surface area contributed by atoms with Gasteiger partial charge >= 0.3 is 0 Å². The molecule has 0 spiro atoms. The van der Waals surface area contributed by atoms with E-state index in [-0.39, 0.29) is 0 Å². The predicted octanol–water partition coefficient (Wildman–Crippen LogP) is 2.31. The van der Waals surface area contributed by atoms with Crippen LogP contribution in [0.1, 0.15) is 5.56 Å². The topological polar surface area (TPSA) is 40.7 Å². The van der Waals surface area contributed by atoms with E-state index in [1.807, 2.05) is 13.1 Å². The van der Waals surface area contributed by atoms with Crippen LogP contribution in [0.25, 0.3) is 17.3 Å². The van der Waals surface area contributed by atoms with E-state index >= 15 is 0 Å². The molecule has 0 saturated carbocycles. The van der Waals surface area contributed by atoms with Crippen LogP contribution >= 0.6 is 0 Å². The minimum atomic E-state index is 0.891. The molecule has 0 radical (unpaired) electrons. The number of H-pyrrole nitrogens is 1. The monoisotopic (exact) mass is 213 g/mol. The standard InChI is InChI=1S/C13H15N3/c1-14-9-2-3-11-4-6-12(7-5-11)13-8-10-15-16-13/h2-8,10,14H,9H2,1H3,(H,15,16). The van der Waals surface area contributed by atoms with Crippen molar-refractivity contribution in [3.8, 4) is 11.3 Å². The second-order valence-corrected chi connectivity index (χ2v) is 3.55. The molecular formula is C13H15N3. The Balaban J connectivity index is 2.11. The zero-order valence-corrected chi connectivity index (χ0v) is 9.27. The van der Waals surface area contributed by atoms with Gasteiger partial charge < -0.3 is 5.32 Å². The van der Waals surface area contributed by atoms with Crippen LogP contribution in [0.15, 0.2) is 42.6 Å². The minimum Gasteiger partial charge on any atom is -0.316 e. The maximum Gasteiger partial charge on any atom is 0.0650 e. The summed E-state index contributed by atoms with van der Waals surface area (Å²) in [5.74, 6) is 0. The molecule has 0 saturated heterocycles. The number of nitrogens with one attached hydrogen (secondary N) is 2. The molecule has 2 rings (SSSR count). The lowest BCUT2D eigenvalue weighted by molar-refractivity contribution is 0.922. The van der Waals surface area contributed by atoms with E-state index in [0.29, 0.717) is 0 Å². The van der Waals surface area contributed by atoms with Crippen LogP contribution in [0.3, 0.4) is 0 Å². The van der Waals surface area contributed by atoms with Crippen molar-refractivity contribution in [1.82, 2.24) is 15.5 Å². The Morgan fingerprint density at radius 1 is 1.25 bits per heavy atom. The molecule has 0 fully saturated rings. The average molecular weight is 213 g/mol. The van der Waals surface area contributed by atoms with E-state index in [9.17, 15) is 0 Å². The maximum absolute atomic E-state index is 3.93. The normalized spacial score (nSPS) is 11.1. The van der Waals surface area contributed by atoms with Crippen LogP contribution in [0.5, 0.6) is 0 Å². The molecule has 0 amide bonds. The van der Waals surface area contributed by atoms with Crippen LogP contribution < -0.4 is 5.32 Å². The van der Waals surface area contributed by atoms with Crippen LogP contribution in [-0.4, -0.2) is 23.8 Å². The lowest BCUT2D eigenvalue weighted by Gasteiger charge is -1.98. The van der Waals surface area contributed by atoms with Gasteiger partial charge in [0.2, 0.25) is 0 Å². The van der Waals surface area contributed by atoms with Gasteiger partial charge in [0, 0.05) is 12.7 Å². The summed E-state index contributed by atoms with van der Waals surface area (Å²) in [5.41, 5.74) is 3.41. The molecule has 1 aromatic carbocycles. The first-order valence-electron chi connectivity index (χ1n) is 5.31. The highest BCUT2D eigenvalue weighted by atomic mass is 15.1. The first-order valence-corrected chi connectivity index (χ1v) is 5.31. The Kier molecular flexibility index (Phi) is 3.51. The number of nitrogens with zero attached hydrogens (tertiary/aromatic N) is 1. The van der Waals surface area contributed by atoms with Crippen molar-refractivity contribution in [1.29, 1.82) is 0 Å². The molecule has 0 aliphatic heterocycles. The quantitative estimate of drug-likeness (QED) is 0.818. The minimum absolute atomic E-state index is 0.891. The number of likely N-dealkylation sites (N-methyl/N-ethyl adjacent to an activating group) is 1. The van der Waals surface area contributed by atoms with Gasteiger partial charge in [0.15, 0.2) is 0 Å². The molecule has 0 bridgehead atoms. The molecule has 0 aliphatic rings. The van der Waals surface area contributed by atoms with Gasteiger partial charge in [0.05, 0.1) is 5.69 Å². The van der Waals surface area contributed by atoms with Crippen LogP contribution in [0.4, 0.5) is 0 Å². The number of hydrogen-bond acceptors (Lipinski definition) is 2. The third-order valence-corrected chi connectivity index (χ3v) is 2.35. The van der Waals surface area contributed by atoms with E-state index in [1.165, 1.54) is 5.56 Å². The van der Waals surface area contributed by atoms with Crippen LogP contribution in [-0.2, 0) is 0 Å². The largest absolute Gasteiger partial charge is 0.316 e. The summed E-state index contributed by atoms with van der Waals surface area (Å²) >= 11 is 0. The smallest absolute Gasteiger partial charge is 0.0650 e. The fourth-order valence-corrected chi connectivity index (χ4v) is 1.50. The van der Waals surface area contributed by atoms with Gasteiger partial charge in [0.25, 0.3) is 0 Å².